The summed E-state index contributed by atoms with van der Waals surface area (Å²) in [5.74, 6) is -0.00654. The normalized spacial score (nSPS) is 19.8. The molecule has 0 radical (unpaired) electrons. The van der Waals surface area contributed by atoms with E-state index in [2.05, 4.69) is 15.5 Å². The second kappa shape index (κ2) is 12.2. The lowest BCUT2D eigenvalue weighted by atomic mass is 10.00. The van der Waals surface area contributed by atoms with E-state index in [0.29, 0.717) is 24.2 Å². The summed E-state index contributed by atoms with van der Waals surface area (Å²) in [4.78, 5) is 42.5. The standard InChI is InChI=1S/C29H38N4O4/c1-20(2)17-25(34)31-24-11-9-23(10-12-24)27-26(28(35)30-13-16-32-14-4-5-15-32)33(29(36)37-27)19-22-8-6-7-21(3)18-22/h6-12,18,20,26-27H,4-5,13-17,19H2,1-3H3,(H,30,35)(H,31,34). The highest BCUT2D eigenvalue weighted by molar-refractivity contribution is 5.91. The van der Waals surface area contributed by atoms with Crippen LogP contribution in [0.25, 0.3) is 0 Å². The van der Waals surface area contributed by atoms with Crippen molar-refractivity contribution in [2.45, 2.75) is 58.7 Å². The number of cyclic esters (lactones) is 1. The molecule has 8 heteroatoms. The zero-order valence-electron chi connectivity index (χ0n) is 22.0. The molecule has 0 bridgehead atoms. The van der Waals surface area contributed by atoms with E-state index in [-0.39, 0.29) is 24.3 Å². The third-order valence-corrected chi connectivity index (χ3v) is 6.83. The van der Waals surface area contributed by atoms with Gasteiger partial charge in [0, 0.05) is 25.2 Å². The number of nitrogens with zero attached hydrogens (tertiary/aromatic N) is 2. The first-order chi connectivity index (χ1) is 17.8. The number of hydrogen-bond acceptors (Lipinski definition) is 5. The maximum Gasteiger partial charge on any atom is 0.411 e. The van der Waals surface area contributed by atoms with Crippen molar-refractivity contribution < 1.29 is 19.1 Å². The smallest absolute Gasteiger partial charge is 0.411 e. The molecule has 2 fully saturated rings. The lowest BCUT2D eigenvalue weighted by Crippen LogP contribution is -2.47. The Morgan fingerprint density at radius 3 is 2.49 bits per heavy atom. The zero-order chi connectivity index (χ0) is 26.4. The molecule has 2 saturated heterocycles. The first kappa shape index (κ1) is 26.7. The molecule has 0 saturated carbocycles. The summed E-state index contributed by atoms with van der Waals surface area (Å²) >= 11 is 0. The van der Waals surface area contributed by atoms with E-state index in [1.807, 2.05) is 57.2 Å². The zero-order valence-corrected chi connectivity index (χ0v) is 22.0. The molecule has 3 amide bonds. The van der Waals surface area contributed by atoms with Gasteiger partial charge in [0.1, 0.15) is 0 Å². The second-order valence-electron chi connectivity index (χ2n) is 10.5. The van der Waals surface area contributed by atoms with Gasteiger partial charge < -0.3 is 20.3 Å². The number of rotatable bonds is 10. The molecule has 37 heavy (non-hydrogen) atoms. The molecule has 198 valence electrons. The van der Waals surface area contributed by atoms with E-state index < -0.39 is 18.2 Å². The SMILES string of the molecule is Cc1cccc(CN2C(=O)OC(c3ccc(NC(=O)CC(C)C)cc3)C2C(=O)NCCN2CCCC2)c1. The van der Waals surface area contributed by atoms with Gasteiger partial charge in [0.25, 0.3) is 0 Å². The first-order valence-corrected chi connectivity index (χ1v) is 13.2. The predicted molar refractivity (Wildman–Crippen MR) is 143 cm³/mol. The van der Waals surface area contributed by atoms with E-state index in [1.165, 1.54) is 17.7 Å². The van der Waals surface area contributed by atoms with Crippen molar-refractivity contribution in [3.63, 3.8) is 0 Å². The molecule has 2 atom stereocenters. The van der Waals surface area contributed by atoms with Gasteiger partial charge in [-0.3, -0.25) is 14.5 Å². The van der Waals surface area contributed by atoms with Gasteiger partial charge in [0.05, 0.1) is 6.54 Å². The fraction of sp³-hybridized carbons (Fsp3) is 0.483. The van der Waals surface area contributed by atoms with Crippen molar-refractivity contribution in [1.29, 1.82) is 0 Å². The summed E-state index contributed by atoms with van der Waals surface area (Å²) in [7, 11) is 0. The molecule has 2 unspecified atom stereocenters. The minimum absolute atomic E-state index is 0.0466. The molecule has 2 aromatic carbocycles. The highest BCUT2D eigenvalue weighted by Crippen LogP contribution is 2.34. The Kier molecular flexibility index (Phi) is 8.82. The number of carbonyl (C=O) groups excluding carboxylic acids is 3. The van der Waals surface area contributed by atoms with Crippen molar-refractivity contribution in [2.24, 2.45) is 5.92 Å². The van der Waals surface area contributed by atoms with Gasteiger partial charge in [-0.25, -0.2) is 4.79 Å². The van der Waals surface area contributed by atoms with Crippen LogP contribution in [0.4, 0.5) is 10.5 Å². The second-order valence-corrected chi connectivity index (χ2v) is 10.5. The quantitative estimate of drug-likeness (QED) is 0.503. The molecule has 4 rings (SSSR count). The van der Waals surface area contributed by atoms with E-state index >= 15 is 0 Å². The fourth-order valence-electron chi connectivity index (χ4n) is 5.00. The predicted octanol–water partition coefficient (Wildman–Crippen LogP) is 4.25. The summed E-state index contributed by atoms with van der Waals surface area (Å²) in [6, 6.07) is 14.3. The third-order valence-electron chi connectivity index (χ3n) is 6.83. The number of anilines is 1. The molecule has 0 spiro atoms. The van der Waals surface area contributed by atoms with Gasteiger partial charge in [0.15, 0.2) is 12.1 Å². The van der Waals surface area contributed by atoms with Crippen molar-refractivity contribution in [2.75, 3.05) is 31.5 Å². The minimum Gasteiger partial charge on any atom is -0.438 e. The van der Waals surface area contributed by atoms with Gasteiger partial charge in [0.2, 0.25) is 11.8 Å². The Labute approximate surface area is 219 Å². The number of aryl methyl sites for hydroxylation is 1. The largest absolute Gasteiger partial charge is 0.438 e. The molecule has 2 aliphatic rings. The lowest BCUT2D eigenvalue weighted by molar-refractivity contribution is -0.126. The maximum absolute atomic E-state index is 13.5. The molecule has 2 N–H and O–H groups in total. The van der Waals surface area contributed by atoms with E-state index in [0.717, 1.165) is 30.8 Å². The minimum atomic E-state index is -0.798. The van der Waals surface area contributed by atoms with Gasteiger partial charge in [-0.1, -0.05) is 55.8 Å². The monoisotopic (exact) mass is 506 g/mol. The molecule has 2 heterocycles. The summed E-state index contributed by atoms with van der Waals surface area (Å²) < 4.78 is 5.78. The molecule has 0 aromatic heterocycles. The van der Waals surface area contributed by atoms with Crippen LogP contribution in [0.5, 0.6) is 0 Å². The molecular formula is C29H38N4O4. The van der Waals surface area contributed by atoms with Crippen molar-refractivity contribution in [1.82, 2.24) is 15.1 Å². The Morgan fingerprint density at radius 1 is 1.08 bits per heavy atom. The van der Waals surface area contributed by atoms with Crippen molar-refractivity contribution in [3.8, 4) is 0 Å². The molecular weight excluding hydrogens is 468 g/mol. The molecule has 0 aliphatic carbocycles. The van der Waals surface area contributed by atoms with Crippen LogP contribution in [0.1, 0.15) is 55.9 Å². The number of ether oxygens (including phenoxy) is 1. The van der Waals surface area contributed by atoms with Gasteiger partial charge >= 0.3 is 6.09 Å². The van der Waals surface area contributed by atoms with E-state index in [1.54, 1.807) is 12.1 Å². The summed E-state index contributed by atoms with van der Waals surface area (Å²) in [6.07, 6.45) is 1.57. The number of hydrogen-bond donors (Lipinski definition) is 2. The third kappa shape index (κ3) is 7.10. The Hall–Kier alpha value is -3.39. The Bertz CT molecular complexity index is 1100. The summed E-state index contributed by atoms with van der Waals surface area (Å²) in [5, 5.41) is 5.94. The number of amides is 3. The number of carbonyl (C=O) groups is 3. The van der Waals surface area contributed by atoms with Crippen molar-refractivity contribution in [3.05, 3.63) is 65.2 Å². The highest BCUT2D eigenvalue weighted by Gasteiger charge is 2.46. The number of likely N-dealkylation sites (tertiary alicyclic amines) is 1. The molecule has 2 aliphatic heterocycles. The van der Waals surface area contributed by atoms with E-state index in [9.17, 15) is 14.4 Å². The van der Waals surface area contributed by atoms with Crippen LogP contribution >= 0.6 is 0 Å². The Balaban J connectivity index is 1.51. The van der Waals surface area contributed by atoms with Crippen LogP contribution in [0.15, 0.2) is 48.5 Å². The van der Waals surface area contributed by atoms with Gasteiger partial charge in [-0.15, -0.1) is 0 Å². The fourth-order valence-corrected chi connectivity index (χ4v) is 5.00. The van der Waals surface area contributed by atoms with Crippen LogP contribution in [0.2, 0.25) is 0 Å². The van der Waals surface area contributed by atoms with Crippen LogP contribution in [-0.2, 0) is 20.9 Å². The van der Waals surface area contributed by atoms with Gasteiger partial charge in [-0.05, 0) is 62.0 Å². The highest BCUT2D eigenvalue weighted by atomic mass is 16.6. The summed E-state index contributed by atoms with van der Waals surface area (Å²) in [6.45, 7) is 9.71. The average molecular weight is 507 g/mol. The topological polar surface area (TPSA) is 91.0 Å². The van der Waals surface area contributed by atoms with Crippen LogP contribution < -0.4 is 10.6 Å². The van der Waals surface area contributed by atoms with Crippen LogP contribution in [0, 0.1) is 12.8 Å². The molecule has 2 aromatic rings. The number of benzene rings is 2. The van der Waals surface area contributed by atoms with Crippen LogP contribution in [-0.4, -0.2) is 59.9 Å². The van der Waals surface area contributed by atoms with Crippen LogP contribution in [0.3, 0.4) is 0 Å². The lowest BCUT2D eigenvalue weighted by Gasteiger charge is -2.25. The number of nitrogens with one attached hydrogen (secondary N) is 2. The van der Waals surface area contributed by atoms with Gasteiger partial charge in [-0.2, -0.15) is 0 Å². The average Bonchev–Trinajstić information content (AvgIpc) is 3.47. The molecule has 8 nitrogen and oxygen atoms in total. The maximum atomic E-state index is 13.5. The van der Waals surface area contributed by atoms with Crippen molar-refractivity contribution >= 4 is 23.6 Å². The van der Waals surface area contributed by atoms with E-state index in [4.69, 9.17) is 4.74 Å². The first-order valence-electron chi connectivity index (χ1n) is 13.2. The summed E-state index contributed by atoms with van der Waals surface area (Å²) in [5.41, 5.74) is 3.41. The Morgan fingerprint density at radius 2 is 1.81 bits per heavy atom.